The van der Waals surface area contributed by atoms with Crippen LogP contribution in [0.1, 0.15) is 45.1 Å². The van der Waals surface area contributed by atoms with E-state index in [0.717, 1.165) is 5.70 Å². The minimum Gasteiger partial charge on any atom is -0.504 e. The van der Waals surface area contributed by atoms with Crippen molar-refractivity contribution in [2.24, 2.45) is 16.3 Å². The van der Waals surface area contributed by atoms with Gasteiger partial charge in [-0.2, -0.15) is 0 Å². The number of benzene rings is 1. The first-order valence-electron chi connectivity index (χ1n) is 10.0. The van der Waals surface area contributed by atoms with Gasteiger partial charge in [0.2, 0.25) is 0 Å². The summed E-state index contributed by atoms with van der Waals surface area (Å²) in [6.45, 7) is 6.29. The lowest BCUT2D eigenvalue weighted by atomic mass is 9.67. The molecular formula is C23H29NO6. The molecule has 1 aromatic rings. The smallest absolute Gasteiger partial charge is 0.315 e. The van der Waals surface area contributed by atoms with Gasteiger partial charge in [0.25, 0.3) is 0 Å². The minimum absolute atomic E-state index is 0.00743. The van der Waals surface area contributed by atoms with E-state index in [1.54, 1.807) is 19.1 Å². The fourth-order valence-electron chi connectivity index (χ4n) is 4.31. The third kappa shape index (κ3) is 4.26. The number of carbonyl (C=O) groups excluding carboxylic acids is 2. The minimum atomic E-state index is -0.736. The first-order chi connectivity index (χ1) is 14.2. The number of aliphatic imine (C=N–C) groups is 1. The first kappa shape index (κ1) is 22.0. The van der Waals surface area contributed by atoms with Gasteiger partial charge < -0.3 is 19.3 Å². The molecule has 0 fully saturated rings. The number of phenols is 1. The maximum absolute atomic E-state index is 13.2. The summed E-state index contributed by atoms with van der Waals surface area (Å²) in [4.78, 5) is 30.9. The number of aromatic hydroxyl groups is 1. The molecule has 0 saturated heterocycles. The number of nitrogens with zero attached hydrogens (tertiary/aromatic N) is 1. The van der Waals surface area contributed by atoms with Gasteiger partial charge >= 0.3 is 5.97 Å². The number of carbonyl (C=O) groups is 2. The molecule has 162 valence electrons. The van der Waals surface area contributed by atoms with Gasteiger partial charge in [-0.05, 0) is 36.5 Å². The van der Waals surface area contributed by atoms with Crippen molar-refractivity contribution >= 4 is 17.5 Å². The highest BCUT2D eigenvalue weighted by Gasteiger charge is 2.46. The molecule has 1 N–H and O–H groups in total. The lowest BCUT2D eigenvalue weighted by Crippen LogP contribution is -2.39. The number of esters is 1. The van der Waals surface area contributed by atoms with Gasteiger partial charge in [0, 0.05) is 36.4 Å². The molecule has 0 aromatic heterocycles. The van der Waals surface area contributed by atoms with Crippen LogP contribution in [0, 0.1) is 11.3 Å². The highest BCUT2D eigenvalue weighted by Crippen LogP contribution is 2.48. The normalized spacial score (nSPS) is 23.0. The number of allylic oxidation sites excluding steroid dienone is 2. The molecule has 30 heavy (non-hydrogen) atoms. The van der Waals surface area contributed by atoms with Crippen LogP contribution in [0.3, 0.4) is 0 Å². The maximum Gasteiger partial charge on any atom is 0.315 e. The monoisotopic (exact) mass is 415 g/mol. The van der Waals surface area contributed by atoms with Crippen LogP contribution in [-0.4, -0.2) is 50.0 Å². The van der Waals surface area contributed by atoms with E-state index < -0.39 is 17.8 Å². The number of methoxy groups -OCH3 is 2. The molecule has 1 aliphatic carbocycles. The topological polar surface area (TPSA) is 94.4 Å². The van der Waals surface area contributed by atoms with Crippen molar-refractivity contribution in [3.05, 3.63) is 35.0 Å². The number of phenolic OH excluding ortho intramolecular Hbond substituents is 1. The Labute approximate surface area is 176 Å². The summed E-state index contributed by atoms with van der Waals surface area (Å²) in [5, 5.41) is 10.0. The van der Waals surface area contributed by atoms with Gasteiger partial charge in [0.15, 0.2) is 17.3 Å². The van der Waals surface area contributed by atoms with E-state index in [9.17, 15) is 14.7 Å². The summed E-state index contributed by atoms with van der Waals surface area (Å²) in [5.41, 5.74) is 2.41. The first-order valence-corrected chi connectivity index (χ1v) is 10.0. The lowest BCUT2D eigenvalue weighted by molar-refractivity contribution is -0.147. The Hall–Kier alpha value is -2.67. The molecule has 1 unspecified atom stereocenters. The van der Waals surface area contributed by atoms with Crippen LogP contribution < -0.4 is 4.74 Å². The van der Waals surface area contributed by atoms with Crippen LogP contribution in [-0.2, 0) is 19.1 Å². The van der Waals surface area contributed by atoms with Crippen molar-refractivity contribution in [3.8, 4) is 11.5 Å². The van der Waals surface area contributed by atoms with Crippen molar-refractivity contribution in [2.75, 3.05) is 27.4 Å². The summed E-state index contributed by atoms with van der Waals surface area (Å²) in [6.07, 6.45) is 1.04. The molecule has 1 heterocycles. The largest absolute Gasteiger partial charge is 0.504 e. The van der Waals surface area contributed by atoms with Gasteiger partial charge in [-0.15, -0.1) is 0 Å². The van der Waals surface area contributed by atoms with Gasteiger partial charge in [-0.3, -0.25) is 14.6 Å². The fraction of sp³-hybridized carbons (Fsp3) is 0.522. The van der Waals surface area contributed by atoms with Crippen molar-refractivity contribution in [1.29, 1.82) is 0 Å². The number of hydrogen-bond donors (Lipinski definition) is 1. The zero-order chi connectivity index (χ0) is 22.1. The van der Waals surface area contributed by atoms with Crippen LogP contribution in [0.2, 0.25) is 0 Å². The molecule has 0 spiro atoms. The summed E-state index contributed by atoms with van der Waals surface area (Å²) in [7, 11) is 2.99. The number of ether oxygens (including phenoxy) is 3. The number of rotatable bonds is 6. The molecule has 7 nitrogen and oxygen atoms in total. The zero-order valence-corrected chi connectivity index (χ0v) is 18.2. The molecule has 1 aromatic carbocycles. The van der Waals surface area contributed by atoms with E-state index >= 15 is 0 Å². The predicted molar refractivity (Wildman–Crippen MR) is 112 cm³/mol. The van der Waals surface area contributed by atoms with E-state index in [1.165, 1.54) is 20.3 Å². The van der Waals surface area contributed by atoms with Gasteiger partial charge in [0.05, 0.1) is 13.7 Å². The molecule has 0 radical (unpaired) electrons. The Morgan fingerprint density at radius 3 is 2.63 bits per heavy atom. The molecule has 1 aliphatic heterocycles. The lowest BCUT2D eigenvalue weighted by Gasteiger charge is -2.39. The Morgan fingerprint density at radius 1 is 1.23 bits per heavy atom. The van der Waals surface area contributed by atoms with E-state index in [-0.39, 0.29) is 35.9 Å². The molecule has 0 bridgehead atoms. The van der Waals surface area contributed by atoms with Gasteiger partial charge in [-0.1, -0.05) is 19.9 Å². The van der Waals surface area contributed by atoms with Gasteiger partial charge in [-0.25, -0.2) is 0 Å². The van der Waals surface area contributed by atoms with Crippen LogP contribution in [0.15, 0.2) is 34.5 Å². The summed E-state index contributed by atoms with van der Waals surface area (Å²) in [6, 6.07) is 4.90. The maximum atomic E-state index is 13.2. The Balaban J connectivity index is 2.11. The average Bonchev–Trinajstić information content (AvgIpc) is 2.66. The summed E-state index contributed by atoms with van der Waals surface area (Å²) < 4.78 is 15.7. The molecular weight excluding hydrogens is 386 g/mol. The second-order valence-corrected chi connectivity index (χ2v) is 8.60. The molecule has 2 aliphatic rings. The Morgan fingerprint density at radius 2 is 1.97 bits per heavy atom. The molecule has 0 saturated carbocycles. The van der Waals surface area contributed by atoms with Crippen molar-refractivity contribution in [2.45, 2.75) is 39.5 Å². The third-order valence-corrected chi connectivity index (χ3v) is 5.65. The second-order valence-electron chi connectivity index (χ2n) is 8.60. The van der Waals surface area contributed by atoms with Crippen LogP contribution in [0.4, 0.5) is 0 Å². The van der Waals surface area contributed by atoms with Gasteiger partial charge in [0.1, 0.15) is 12.5 Å². The van der Waals surface area contributed by atoms with Crippen LogP contribution in [0.5, 0.6) is 11.5 Å². The second kappa shape index (κ2) is 8.60. The van der Waals surface area contributed by atoms with Crippen molar-refractivity contribution in [1.82, 2.24) is 0 Å². The fourth-order valence-corrected chi connectivity index (χ4v) is 4.31. The summed E-state index contributed by atoms with van der Waals surface area (Å²) in [5.74, 6) is -1.47. The Kier molecular flexibility index (Phi) is 6.31. The van der Waals surface area contributed by atoms with E-state index in [0.29, 0.717) is 29.7 Å². The SMILES string of the molecule is COCCOC(=O)C1C(C)=NC2=C(C(=O)CC(C)(C)C2)[C@H]1c1ccc(O)c(OC)c1. The molecule has 0 amide bonds. The molecule has 2 atom stereocenters. The predicted octanol–water partition coefficient (Wildman–Crippen LogP) is 3.41. The quantitative estimate of drug-likeness (QED) is 0.565. The number of ketones is 1. The summed E-state index contributed by atoms with van der Waals surface area (Å²) >= 11 is 0. The third-order valence-electron chi connectivity index (χ3n) is 5.65. The standard InChI is InChI=1S/C23H29NO6/c1-13-19(22(27)30-9-8-28-4)20(14-6-7-16(25)18(10-14)29-5)21-15(24-13)11-23(2,3)12-17(21)26/h6-7,10,19-20,25H,8-9,11-12H2,1-5H3/t19?,20-/m0/s1. The van der Waals surface area contributed by atoms with Crippen LogP contribution >= 0.6 is 0 Å². The number of hydrogen-bond acceptors (Lipinski definition) is 7. The zero-order valence-electron chi connectivity index (χ0n) is 18.2. The average molecular weight is 415 g/mol. The van der Waals surface area contributed by atoms with E-state index in [1.807, 2.05) is 13.8 Å². The van der Waals surface area contributed by atoms with Crippen molar-refractivity contribution in [3.63, 3.8) is 0 Å². The highest BCUT2D eigenvalue weighted by molar-refractivity contribution is 6.09. The van der Waals surface area contributed by atoms with E-state index in [4.69, 9.17) is 14.2 Å². The molecule has 7 heteroatoms. The molecule has 3 rings (SSSR count). The van der Waals surface area contributed by atoms with E-state index in [2.05, 4.69) is 4.99 Å². The highest BCUT2D eigenvalue weighted by atomic mass is 16.6. The van der Waals surface area contributed by atoms with Crippen molar-refractivity contribution < 1.29 is 28.9 Å². The number of Topliss-reactive ketones (excluding diaryl/α,β-unsaturated/α-hetero) is 1. The Bertz CT molecular complexity index is 914. The van der Waals surface area contributed by atoms with Crippen LogP contribution in [0.25, 0.3) is 0 Å².